The fourth-order valence-corrected chi connectivity index (χ4v) is 2.91. The third-order valence-electron chi connectivity index (χ3n) is 3.22. The number of aryl methyl sites for hydroxylation is 1. The number of fused-ring (bicyclic) bond motifs is 1. The molecule has 0 saturated carbocycles. The molecule has 0 spiro atoms. The number of nitrogens with one attached hydrogen (secondary N) is 2. The van der Waals surface area contributed by atoms with Crippen LogP contribution in [-0.2, 0) is 14.4 Å². The van der Waals surface area contributed by atoms with Crippen LogP contribution in [0.1, 0.15) is 5.56 Å². The molecule has 24 heavy (non-hydrogen) atoms. The maximum atomic E-state index is 12.0. The molecule has 0 aliphatic heterocycles. The van der Waals surface area contributed by atoms with Gasteiger partial charge in [0.2, 0.25) is 17.7 Å². The lowest BCUT2D eigenvalue weighted by molar-refractivity contribution is -0.134. The van der Waals surface area contributed by atoms with E-state index in [0.717, 1.165) is 15.8 Å². The van der Waals surface area contributed by atoms with Crippen molar-refractivity contribution in [3.8, 4) is 0 Å². The lowest BCUT2D eigenvalue weighted by atomic mass is 10.2. The zero-order valence-electron chi connectivity index (χ0n) is 13.5. The first-order chi connectivity index (χ1) is 11.4. The highest BCUT2D eigenvalue weighted by Crippen LogP contribution is 2.26. The van der Waals surface area contributed by atoms with Crippen LogP contribution < -0.4 is 16.4 Å². The highest BCUT2D eigenvalue weighted by atomic mass is 32.1. The second-order valence-electron chi connectivity index (χ2n) is 5.27. The molecule has 1 heterocycles. The zero-order valence-corrected chi connectivity index (χ0v) is 14.3. The van der Waals surface area contributed by atoms with Crippen LogP contribution in [0.2, 0.25) is 0 Å². The molecule has 0 atom stereocenters. The number of anilines is 1. The first-order valence-corrected chi connectivity index (χ1v) is 8.08. The number of nitrogens with two attached hydrogens (primary N) is 1. The largest absolute Gasteiger partial charge is 0.346 e. The van der Waals surface area contributed by atoms with E-state index in [1.165, 1.54) is 23.3 Å². The van der Waals surface area contributed by atoms with Crippen LogP contribution in [0.3, 0.4) is 0 Å². The normalized spacial score (nSPS) is 10.5. The number of benzene rings is 1. The average Bonchev–Trinajstić information content (AvgIpc) is 2.92. The SMILES string of the molecule is Cc1ccc2nc(NC(=O)CN(C)C(=O)CNC(=O)CN)sc2c1. The maximum Gasteiger partial charge on any atom is 0.245 e. The number of amides is 3. The number of likely N-dealkylation sites (N-methyl/N-ethyl adjacent to an activating group) is 1. The third-order valence-corrected chi connectivity index (χ3v) is 4.15. The maximum absolute atomic E-state index is 12.0. The van der Waals surface area contributed by atoms with Crippen LogP contribution in [0.15, 0.2) is 18.2 Å². The zero-order chi connectivity index (χ0) is 17.7. The summed E-state index contributed by atoms with van der Waals surface area (Å²) in [6, 6.07) is 5.85. The summed E-state index contributed by atoms with van der Waals surface area (Å²) in [5.74, 6) is -1.16. The number of carbonyl (C=O) groups excluding carboxylic acids is 3. The Morgan fingerprint density at radius 2 is 2.04 bits per heavy atom. The quantitative estimate of drug-likeness (QED) is 0.682. The Kier molecular flexibility index (Phi) is 5.83. The lowest BCUT2D eigenvalue weighted by Crippen LogP contribution is -2.42. The molecule has 9 heteroatoms. The van der Waals surface area contributed by atoms with E-state index in [9.17, 15) is 14.4 Å². The van der Waals surface area contributed by atoms with Crippen molar-refractivity contribution >= 4 is 44.4 Å². The van der Waals surface area contributed by atoms with Crippen molar-refractivity contribution in [2.24, 2.45) is 5.73 Å². The van der Waals surface area contributed by atoms with Gasteiger partial charge in [-0.3, -0.25) is 14.4 Å². The van der Waals surface area contributed by atoms with Gasteiger partial charge in [-0.1, -0.05) is 17.4 Å². The van der Waals surface area contributed by atoms with E-state index in [2.05, 4.69) is 15.6 Å². The molecule has 8 nitrogen and oxygen atoms in total. The van der Waals surface area contributed by atoms with E-state index in [4.69, 9.17) is 5.73 Å². The summed E-state index contributed by atoms with van der Waals surface area (Å²) in [5.41, 5.74) is 7.07. The van der Waals surface area contributed by atoms with E-state index >= 15 is 0 Å². The van der Waals surface area contributed by atoms with Gasteiger partial charge < -0.3 is 21.3 Å². The molecule has 0 radical (unpaired) electrons. The Morgan fingerprint density at radius 3 is 2.75 bits per heavy atom. The number of nitrogens with zero attached hydrogens (tertiary/aromatic N) is 2. The Labute approximate surface area is 143 Å². The highest BCUT2D eigenvalue weighted by molar-refractivity contribution is 7.22. The summed E-state index contributed by atoms with van der Waals surface area (Å²) >= 11 is 1.38. The van der Waals surface area contributed by atoms with Crippen LogP contribution in [0.5, 0.6) is 0 Å². The molecule has 0 fully saturated rings. The van der Waals surface area contributed by atoms with Crippen LogP contribution >= 0.6 is 11.3 Å². The molecule has 0 unspecified atom stereocenters. The van der Waals surface area contributed by atoms with Gasteiger partial charge in [-0.25, -0.2) is 4.98 Å². The molecule has 0 saturated heterocycles. The molecule has 3 amide bonds. The number of carbonyl (C=O) groups is 3. The van der Waals surface area contributed by atoms with Crippen molar-refractivity contribution in [1.82, 2.24) is 15.2 Å². The van der Waals surface area contributed by atoms with Crippen LogP contribution in [0.4, 0.5) is 5.13 Å². The second kappa shape index (κ2) is 7.84. The number of aromatic nitrogens is 1. The molecule has 4 N–H and O–H groups in total. The Hall–Kier alpha value is -2.52. The van der Waals surface area contributed by atoms with Gasteiger partial charge in [0.05, 0.1) is 29.9 Å². The summed E-state index contributed by atoms with van der Waals surface area (Å²) in [6.07, 6.45) is 0. The van der Waals surface area contributed by atoms with Crippen LogP contribution in [-0.4, -0.2) is 54.3 Å². The lowest BCUT2D eigenvalue weighted by Gasteiger charge is -2.16. The molecule has 128 valence electrons. The molecular formula is C15H19N5O3S. The number of hydrogen-bond donors (Lipinski definition) is 3. The molecule has 2 aromatic rings. The predicted octanol–water partition coefficient (Wildman–Crippen LogP) is 0.0765. The molecular weight excluding hydrogens is 330 g/mol. The summed E-state index contributed by atoms with van der Waals surface area (Å²) in [7, 11) is 1.48. The van der Waals surface area contributed by atoms with Gasteiger partial charge in [0.25, 0.3) is 0 Å². The van der Waals surface area contributed by atoms with Crippen molar-refractivity contribution in [2.45, 2.75) is 6.92 Å². The first-order valence-electron chi connectivity index (χ1n) is 7.27. The van der Waals surface area contributed by atoms with E-state index in [0.29, 0.717) is 5.13 Å². The fourth-order valence-electron chi connectivity index (χ4n) is 1.93. The van der Waals surface area contributed by atoms with Gasteiger partial charge >= 0.3 is 0 Å². The van der Waals surface area contributed by atoms with Gasteiger partial charge in [0.15, 0.2) is 5.13 Å². The minimum Gasteiger partial charge on any atom is -0.346 e. The molecule has 0 bridgehead atoms. The van der Waals surface area contributed by atoms with E-state index in [-0.39, 0.29) is 31.4 Å². The molecule has 0 aliphatic rings. The van der Waals surface area contributed by atoms with Crippen LogP contribution in [0, 0.1) is 6.92 Å². The van der Waals surface area contributed by atoms with E-state index in [1.807, 2.05) is 25.1 Å². The minimum absolute atomic E-state index is 0.133. The summed E-state index contributed by atoms with van der Waals surface area (Å²) in [5, 5.41) is 5.53. The van der Waals surface area contributed by atoms with Crippen molar-refractivity contribution in [3.05, 3.63) is 23.8 Å². The van der Waals surface area contributed by atoms with E-state index < -0.39 is 5.91 Å². The van der Waals surface area contributed by atoms with Gasteiger partial charge in [-0.05, 0) is 24.6 Å². The number of hydrogen-bond acceptors (Lipinski definition) is 6. The van der Waals surface area contributed by atoms with Gasteiger partial charge in [-0.15, -0.1) is 0 Å². The summed E-state index contributed by atoms with van der Waals surface area (Å²) < 4.78 is 0.985. The minimum atomic E-state index is -0.425. The Balaban J connectivity index is 1.89. The standard InChI is InChI=1S/C15H19N5O3S/c1-9-3-4-10-11(5-9)24-15(18-10)19-13(22)8-20(2)14(23)7-17-12(21)6-16/h3-5H,6-8,16H2,1-2H3,(H,17,21)(H,18,19,22). The van der Waals surface area contributed by atoms with Crippen molar-refractivity contribution in [3.63, 3.8) is 0 Å². The predicted molar refractivity (Wildman–Crippen MR) is 92.7 cm³/mol. The van der Waals surface area contributed by atoms with Gasteiger partial charge in [0.1, 0.15) is 0 Å². The Bertz CT molecular complexity index is 774. The first kappa shape index (κ1) is 17.8. The second-order valence-corrected chi connectivity index (χ2v) is 6.30. The molecule has 2 rings (SSSR count). The molecule has 0 aliphatic carbocycles. The van der Waals surface area contributed by atoms with Crippen molar-refractivity contribution in [1.29, 1.82) is 0 Å². The average molecular weight is 349 g/mol. The van der Waals surface area contributed by atoms with Gasteiger partial charge in [0, 0.05) is 7.05 Å². The molecule has 1 aromatic heterocycles. The van der Waals surface area contributed by atoms with E-state index in [1.54, 1.807) is 0 Å². The smallest absolute Gasteiger partial charge is 0.245 e. The number of rotatable bonds is 6. The van der Waals surface area contributed by atoms with Crippen molar-refractivity contribution in [2.75, 3.05) is 32.0 Å². The van der Waals surface area contributed by atoms with Crippen molar-refractivity contribution < 1.29 is 14.4 Å². The highest BCUT2D eigenvalue weighted by Gasteiger charge is 2.15. The third kappa shape index (κ3) is 4.74. The fraction of sp³-hybridized carbons (Fsp3) is 0.333. The molecule has 1 aromatic carbocycles. The Morgan fingerprint density at radius 1 is 1.29 bits per heavy atom. The summed E-state index contributed by atoms with van der Waals surface area (Å²) in [4.78, 5) is 40.4. The van der Waals surface area contributed by atoms with Gasteiger partial charge in [-0.2, -0.15) is 0 Å². The monoisotopic (exact) mass is 349 g/mol. The van der Waals surface area contributed by atoms with Crippen LogP contribution in [0.25, 0.3) is 10.2 Å². The summed E-state index contributed by atoms with van der Waals surface area (Å²) in [6.45, 7) is 1.47. The topological polar surface area (TPSA) is 117 Å². The number of thiazole rings is 1.